The van der Waals surface area contributed by atoms with E-state index >= 15 is 0 Å². The highest BCUT2D eigenvalue weighted by atomic mass is 79.9. The van der Waals surface area contributed by atoms with Gasteiger partial charge in [-0.2, -0.15) is 0 Å². The van der Waals surface area contributed by atoms with Crippen LogP contribution in [-0.4, -0.2) is 14.7 Å². The van der Waals surface area contributed by atoms with Gasteiger partial charge in [-0.25, -0.2) is 4.98 Å². The largest absolute Gasteiger partial charge is 0.507 e. The molecule has 28 heavy (non-hydrogen) atoms. The third-order valence-corrected chi connectivity index (χ3v) is 4.97. The highest BCUT2D eigenvalue weighted by Gasteiger charge is 2.10. The van der Waals surface area contributed by atoms with Crippen molar-refractivity contribution < 1.29 is 5.11 Å². The van der Waals surface area contributed by atoms with E-state index in [1.165, 1.54) is 0 Å². The Labute approximate surface area is 170 Å². The molecule has 4 rings (SSSR count). The van der Waals surface area contributed by atoms with Crippen LogP contribution in [0, 0.1) is 0 Å². The third-order valence-electron chi connectivity index (χ3n) is 4.48. The molecule has 0 aliphatic rings. The average Bonchev–Trinajstić information content (AvgIpc) is 2.72. The molecule has 0 saturated carbocycles. The SMILES string of the molecule is O=c1c2ccccc2nc(C=Cc2cc(Br)ccc2O)n1Cc1ccccc1. The maximum Gasteiger partial charge on any atom is 0.261 e. The zero-order valence-corrected chi connectivity index (χ0v) is 16.5. The first-order chi connectivity index (χ1) is 13.6. The van der Waals surface area contributed by atoms with Crippen molar-refractivity contribution in [3.8, 4) is 5.75 Å². The van der Waals surface area contributed by atoms with Crippen LogP contribution >= 0.6 is 15.9 Å². The molecule has 0 aliphatic carbocycles. The number of benzene rings is 3. The number of phenols is 1. The lowest BCUT2D eigenvalue weighted by Crippen LogP contribution is -2.24. The lowest BCUT2D eigenvalue weighted by atomic mass is 10.1. The van der Waals surface area contributed by atoms with Gasteiger partial charge in [0.2, 0.25) is 0 Å². The molecule has 0 atom stereocenters. The van der Waals surface area contributed by atoms with E-state index in [-0.39, 0.29) is 11.3 Å². The number of hydrogen-bond acceptors (Lipinski definition) is 3. The number of para-hydroxylation sites is 1. The van der Waals surface area contributed by atoms with Gasteiger partial charge < -0.3 is 5.11 Å². The van der Waals surface area contributed by atoms with Gasteiger partial charge in [0.25, 0.3) is 5.56 Å². The first-order valence-corrected chi connectivity index (χ1v) is 9.61. The second-order valence-corrected chi connectivity index (χ2v) is 7.32. The lowest BCUT2D eigenvalue weighted by Gasteiger charge is -2.11. The number of rotatable bonds is 4. The fourth-order valence-corrected chi connectivity index (χ4v) is 3.43. The number of halogens is 1. The summed E-state index contributed by atoms with van der Waals surface area (Å²) in [6.07, 6.45) is 3.52. The van der Waals surface area contributed by atoms with E-state index in [2.05, 4.69) is 20.9 Å². The van der Waals surface area contributed by atoms with Crippen LogP contribution in [0.1, 0.15) is 17.0 Å². The second kappa shape index (κ2) is 7.82. The molecule has 1 heterocycles. The van der Waals surface area contributed by atoms with E-state index in [1.54, 1.807) is 34.9 Å². The molecule has 0 fully saturated rings. The van der Waals surface area contributed by atoms with E-state index in [0.717, 1.165) is 10.0 Å². The lowest BCUT2D eigenvalue weighted by molar-refractivity contribution is 0.474. The first-order valence-electron chi connectivity index (χ1n) is 8.82. The molecular formula is C23H17BrN2O2. The fraction of sp³-hybridized carbons (Fsp3) is 0.0435. The van der Waals surface area contributed by atoms with Crippen LogP contribution < -0.4 is 5.56 Å². The number of aromatic hydroxyl groups is 1. The van der Waals surface area contributed by atoms with Crippen LogP contribution in [0.4, 0.5) is 0 Å². The monoisotopic (exact) mass is 432 g/mol. The van der Waals surface area contributed by atoms with Crippen molar-refractivity contribution in [2.45, 2.75) is 6.54 Å². The van der Waals surface area contributed by atoms with E-state index < -0.39 is 0 Å². The second-order valence-electron chi connectivity index (χ2n) is 6.40. The Morgan fingerprint density at radius 2 is 1.71 bits per heavy atom. The van der Waals surface area contributed by atoms with Gasteiger partial charge in [0.15, 0.2) is 0 Å². The summed E-state index contributed by atoms with van der Waals surface area (Å²) in [6, 6.07) is 22.3. The summed E-state index contributed by atoms with van der Waals surface area (Å²) in [6.45, 7) is 0.418. The number of nitrogens with zero attached hydrogens (tertiary/aromatic N) is 2. The standard InChI is InChI=1S/C23H17BrN2O2/c24-18-11-12-21(27)17(14-18)10-13-22-25-20-9-5-4-8-19(20)23(28)26(22)15-16-6-2-1-3-7-16/h1-14,27H,15H2. The predicted molar refractivity (Wildman–Crippen MR) is 116 cm³/mol. The number of phenolic OH excluding ortho intramolecular Hbond substituents is 1. The maximum atomic E-state index is 13.1. The van der Waals surface area contributed by atoms with Crippen LogP contribution in [0.5, 0.6) is 5.75 Å². The Morgan fingerprint density at radius 1 is 0.964 bits per heavy atom. The summed E-state index contributed by atoms with van der Waals surface area (Å²) in [4.78, 5) is 17.8. The van der Waals surface area contributed by atoms with Gasteiger partial charge in [-0.3, -0.25) is 9.36 Å². The summed E-state index contributed by atoms with van der Waals surface area (Å²) in [5.41, 5.74) is 2.21. The minimum absolute atomic E-state index is 0.0902. The molecule has 5 heteroatoms. The van der Waals surface area contributed by atoms with E-state index in [9.17, 15) is 9.90 Å². The molecule has 1 aromatic heterocycles. The van der Waals surface area contributed by atoms with Crippen molar-refractivity contribution in [1.82, 2.24) is 9.55 Å². The molecule has 0 aliphatic heterocycles. The average molecular weight is 433 g/mol. The van der Waals surface area contributed by atoms with E-state index in [1.807, 2.05) is 54.6 Å². The van der Waals surface area contributed by atoms with Gasteiger partial charge in [0.05, 0.1) is 17.4 Å². The quantitative estimate of drug-likeness (QED) is 0.488. The normalized spacial score (nSPS) is 11.3. The van der Waals surface area contributed by atoms with E-state index in [0.29, 0.717) is 28.8 Å². The van der Waals surface area contributed by atoms with Gasteiger partial charge in [-0.1, -0.05) is 58.4 Å². The highest BCUT2D eigenvalue weighted by molar-refractivity contribution is 9.10. The third kappa shape index (κ3) is 3.75. The molecule has 138 valence electrons. The molecule has 0 amide bonds. The van der Waals surface area contributed by atoms with Crippen LogP contribution in [0.25, 0.3) is 23.1 Å². The van der Waals surface area contributed by atoms with Crippen molar-refractivity contribution in [3.05, 3.63) is 105 Å². The smallest absolute Gasteiger partial charge is 0.261 e. The van der Waals surface area contributed by atoms with Crippen molar-refractivity contribution in [2.24, 2.45) is 0 Å². The van der Waals surface area contributed by atoms with Crippen molar-refractivity contribution in [2.75, 3.05) is 0 Å². The molecule has 0 saturated heterocycles. The van der Waals surface area contributed by atoms with Gasteiger partial charge >= 0.3 is 0 Å². The molecule has 0 unspecified atom stereocenters. The number of hydrogen-bond donors (Lipinski definition) is 1. The first kappa shape index (κ1) is 18.2. The maximum absolute atomic E-state index is 13.1. The summed E-state index contributed by atoms with van der Waals surface area (Å²) < 4.78 is 2.52. The predicted octanol–water partition coefficient (Wildman–Crippen LogP) is 5.08. The minimum atomic E-state index is -0.0902. The minimum Gasteiger partial charge on any atom is -0.507 e. The zero-order chi connectivity index (χ0) is 19.5. The summed E-state index contributed by atoms with van der Waals surface area (Å²) >= 11 is 3.41. The Kier molecular flexibility index (Phi) is 5.08. The number of aromatic nitrogens is 2. The summed E-state index contributed by atoms with van der Waals surface area (Å²) in [7, 11) is 0. The Bertz CT molecular complexity index is 1230. The van der Waals surface area contributed by atoms with Gasteiger partial charge in [0.1, 0.15) is 11.6 Å². The van der Waals surface area contributed by atoms with Crippen molar-refractivity contribution >= 4 is 39.0 Å². The molecular weight excluding hydrogens is 416 g/mol. The highest BCUT2D eigenvalue weighted by Crippen LogP contribution is 2.24. The van der Waals surface area contributed by atoms with Crippen molar-refractivity contribution in [3.63, 3.8) is 0 Å². The molecule has 0 bridgehead atoms. The summed E-state index contributed by atoms with van der Waals surface area (Å²) in [5.74, 6) is 0.698. The number of fused-ring (bicyclic) bond motifs is 1. The Hall–Kier alpha value is -3.18. The fourth-order valence-electron chi connectivity index (χ4n) is 3.05. The molecule has 1 N–H and O–H groups in total. The Balaban J connectivity index is 1.86. The van der Waals surface area contributed by atoms with Crippen LogP contribution in [0.3, 0.4) is 0 Å². The topological polar surface area (TPSA) is 55.1 Å². The molecule has 0 radical (unpaired) electrons. The van der Waals surface area contributed by atoms with Gasteiger partial charge in [0, 0.05) is 10.0 Å². The molecule has 4 nitrogen and oxygen atoms in total. The summed E-state index contributed by atoms with van der Waals surface area (Å²) in [5, 5.41) is 10.7. The van der Waals surface area contributed by atoms with Gasteiger partial charge in [-0.05, 0) is 48.0 Å². The molecule has 4 aromatic rings. The van der Waals surface area contributed by atoms with Gasteiger partial charge in [-0.15, -0.1) is 0 Å². The Morgan fingerprint density at radius 3 is 2.54 bits per heavy atom. The molecule has 3 aromatic carbocycles. The van der Waals surface area contributed by atoms with Crippen LogP contribution in [-0.2, 0) is 6.54 Å². The van der Waals surface area contributed by atoms with Crippen LogP contribution in [0.15, 0.2) is 82.1 Å². The van der Waals surface area contributed by atoms with E-state index in [4.69, 9.17) is 0 Å². The molecule has 0 spiro atoms. The zero-order valence-electron chi connectivity index (χ0n) is 14.9. The van der Waals surface area contributed by atoms with Crippen LogP contribution in [0.2, 0.25) is 0 Å². The van der Waals surface area contributed by atoms with Crippen molar-refractivity contribution in [1.29, 1.82) is 0 Å².